The average Bonchev–Trinajstić information content (AvgIpc) is 3.95. The number of para-hydroxylation sites is 2. The lowest BCUT2D eigenvalue weighted by atomic mass is 9.82. The smallest absolute Gasteiger partial charge is 0.164 e. The lowest BCUT2D eigenvalue weighted by Crippen LogP contribution is -2.30. The molecule has 268 valence electrons. The molecule has 10 aromatic rings. The third-order valence-corrected chi connectivity index (χ3v) is 12.6. The van der Waals surface area contributed by atoms with Crippen LogP contribution in [-0.4, -0.2) is 21.0 Å². The van der Waals surface area contributed by atoms with Gasteiger partial charge in [-0.15, -0.1) is 11.3 Å². The first-order chi connectivity index (χ1) is 28.2. The van der Waals surface area contributed by atoms with Crippen LogP contribution in [0.2, 0.25) is 0 Å². The highest BCUT2D eigenvalue weighted by atomic mass is 32.1. The largest absolute Gasteiger partial charge is 0.456 e. The molecule has 0 spiro atoms. The summed E-state index contributed by atoms with van der Waals surface area (Å²) in [6.07, 6.45) is 4.45. The number of hydrogen-bond acceptors (Lipinski definition) is 6. The lowest BCUT2D eigenvalue weighted by molar-refractivity contribution is 0.584. The van der Waals surface area contributed by atoms with Gasteiger partial charge in [0.2, 0.25) is 0 Å². The number of hydrogen-bond donors (Lipinski definition) is 0. The number of benzene rings is 7. The monoisotopic (exact) mass is 748 g/mol. The van der Waals surface area contributed by atoms with Gasteiger partial charge in [-0.05, 0) is 71.3 Å². The normalized spacial score (nSPS) is 15.6. The van der Waals surface area contributed by atoms with Crippen LogP contribution in [0.25, 0.3) is 82.5 Å². The molecule has 3 aromatic heterocycles. The van der Waals surface area contributed by atoms with Gasteiger partial charge in [0.1, 0.15) is 11.3 Å². The molecule has 0 saturated heterocycles. The van der Waals surface area contributed by atoms with E-state index in [2.05, 4.69) is 181 Å². The Bertz CT molecular complexity index is 3200. The van der Waals surface area contributed by atoms with Gasteiger partial charge in [0.15, 0.2) is 17.5 Å². The standard InChI is InChI=1S/C51H32N4OS/c1-3-11-31(12-4-1)32-19-21-33(22-20-32)49-52-50(34-24-28-46-40(29-34)37-15-8-10-18-45(37)57-46)54-51(53-49)35-23-25-39-44(30-35)56-43-27-26-42-47(48(39)43)38-16-7-9-17-41(38)55(42)36-13-5-2-6-14-36/h1-30,42,47H. The number of nitrogens with zero attached hydrogens (tertiary/aromatic N) is 4. The molecule has 1 aliphatic carbocycles. The second-order valence-electron chi connectivity index (χ2n) is 14.7. The van der Waals surface area contributed by atoms with Crippen LogP contribution >= 0.6 is 11.3 Å². The van der Waals surface area contributed by atoms with E-state index in [1.54, 1.807) is 0 Å². The van der Waals surface area contributed by atoms with Gasteiger partial charge in [0, 0.05) is 65.1 Å². The van der Waals surface area contributed by atoms with E-state index in [4.69, 9.17) is 19.4 Å². The Hall–Kier alpha value is -7.15. The van der Waals surface area contributed by atoms with Gasteiger partial charge in [0.05, 0.1) is 6.04 Å². The first-order valence-corrected chi connectivity index (χ1v) is 20.1. The summed E-state index contributed by atoms with van der Waals surface area (Å²) < 4.78 is 9.22. The summed E-state index contributed by atoms with van der Waals surface area (Å²) in [6.45, 7) is 0. The van der Waals surface area contributed by atoms with Crippen molar-refractivity contribution in [3.8, 4) is 45.3 Å². The van der Waals surface area contributed by atoms with Crippen molar-refractivity contribution in [2.75, 3.05) is 4.90 Å². The van der Waals surface area contributed by atoms with Gasteiger partial charge in [-0.1, -0.05) is 127 Å². The molecule has 7 aromatic carbocycles. The molecule has 2 aliphatic rings. The average molecular weight is 749 g/mol. The molecule has 2 unspecified atom stereocenters. The lowest BCUT2D eigenvalue weighted by Gasteiger charge is -2.30. The number of rotatable bonds is 5. The molecule has 0 N–H and O–H groups in total. The topological polar surface area (TPSA) is 55.1 Å². The number of anilines is 2. The second-order valence-corrected chi connectivity index (χ2v) is 15.8. The van der Waals surface area contributed by atoms with Crippen LogP contribution in [0.15, 0.2) is 180 Å². The number of aromatic nitrogens is 3. The highest BCUT2D eigenvalue weighted by Gasteiger charge is 2.43. The molecular formula is C51H32N4OS. The molecule has 0 radical (unpaired) electrons. The van der Waals surface area contributed by atoms with Crippen LogP contribution in [0.4, 0.5) is 11.4 Å². The molecule has 0 fully saturated rings. The quantitative estimate of drug-likeness (QED) is 0.175. The fraction of sp³-hybridized carbons (Fsp3) is 0.0392. The van der Waals surface area contributed by atoms with Crippen LogP contribution < -0.4 is 4.90 Å². The zero-order valence-electron chi connectivity index (χ0n) is 30.6. The van der Waals surface area contributed by atoms with Gasteiger partial charge < -0.3 is 9.32 Å². The first-order valence-electron chi connectivity index (χ1n) is 19.3. The zero-order chi connectivity index (χ0) is 37.5. The number of fused-ring (bicyclic) bond motifs is 10. The van der Waals surface area contributed by atoms with Crippen LogP contribution in [0.3, 0.4) is 0 Å². The van der Waals surface area contributed by atoms with Crippen molar-refractivity contribution in [2.24, 2.45) is 0 Å². The maximum absolute atomic E-state index is 6.71. The predicted octanol–water partition coefficient (Wildman–Crippen LogP) is 13.3. The van der Waals surface area contributed by atoms with Crippen molar-refractivity contribution < 1.29 is 4.42 Å². The van der Waals surface area contributed by atoms with Gasteiger partial charge in [-0.25, -0.2) is 15.0 Å². The van der Waals surface area contributed by atoms with Gasteiger partial charge in [0.25, 0.3) is 0 Å². The molecule has 0 saturated carbocycles. The van der Waals surface area contributed by atoms with E-state index < -0.39 is 0 Å². The van der Waals surface area contributed by atoms with E-state index in [1.807, 2.05) is 17.4 Å². The van der Waals surface area contributed by atoms with Crippen molar-refractivity contribution in [3.05, 3.63) is 193 Å². The summed E-state index contributed by atoms with van der Waals surface area (Å²) in [4.78, 5) is 17.9. The van der Waals surface area contributed by atoms with Crippen molar-refractivity contribution in [1.29, 1.82) is 0 Å². The number of thiophene rings is 1. The number of furan rings is 1. The summed E-state index contributed by atoms with van der Waals surface area (Å²) in [5.74, 6) is 2.89. The molecule has 0 bridgehead atoms. The highest BCUT2D eigenvalue weighted by Crippen LogP contribution is 2.53. The molecule has 4 heterocycles. The molecule has 1 aliphatic heterocycles. The minimum absolute atomic E-state index is 0.130. The summed E-state index contributed by atoms with van der Waals surface area (Å²) >= 11 is 1.81. The predicted molar refractivity (Wildman–Crippen MR) is 234 cm³/mol. The SMILES string of the molecule is C1=CC2C(c3ccccc3N2c2ccccc2)c2c1oc1cc(-c3nc(-c4ccc(-c5ccccc5)cc4)nc(-c4ccc5sc6ccccc6c5c4)n3)ccc21. The first kappa shape index (κ1) is 32.1. The fourth-order valence-corrected chi connectivity index (χ4v) is 9.95. The molecule has 6 heteroatoms. The highest BCUT2D eigenvalue weighted by molar-refractivity contribution is 7.25. The Balaban J connectivity index is 0.988. The fourth-order valence-electron chi connectivity index (χ4n) is 8.86. The molecule has 57 heavy (non-hydrogen) atoms. The van der Waals surface area contributed by atoms with Crippen molar-refractivity contribution in [1.82, 2.24) is 15.0 Å². The Morgan fingerprint density at radius 3 is 1.93 bits per heavy atom. The van der Waals surface area contributed by atoms with E-state index in [0.29, 0.717) is 17.5 Å². The maximum Gasteiger partial charge on any atom is 0.164 e. The van der Waals surface area contributed by atoms with E-state index in [1.165, 1.54) is 48.2 Å². The molecule has 12 rings (SSSR count). The Kier molecular flexibility index (Phi) is 7.16. The summed E-state index contributed by atoms with van der Waals surface area (Å²) in [7, 11) is 0. The van der Waals surface area contributed by atoms with Crippen molar-refractivity contribution in [2.45, 2.75) is 12.0 Å². The zero-order valence-corrected chi connectivity index (χ0v) is 31.4. The van der Waals surface area contributed by atoms with Crippen LogP contribution in [0.5, 0.6) is 0 Å². The molecule has 2 atom stereocenters. The summed E-state index contributed by atoms with van der Waals surface area (Å²) in [5.41, 5.74) is 10.8. The van der Waals surface area contributed by atoms with E-state index in [-0.39, 0.29) is 12.0 Å². The molecular weight excluding hydrogens is 717 g/mol. The Labute approximate surface area is 332 Å². The second kappa shape index (κ2) is 12.7. The van der Waals surface area contributed by atoms with Crippen LogP contribution in [0.1, 0.15) is 22.8 Å². The third kappa shape index (κ3) is 5.18. The minimum Gasteiger partial charge on any atom is -0.456 e. The van der Waals surface area contributed by atoms with Gasteiger partial charge >= 0.3 is 0 Å². The molecule has 0 amide bonds. The van der Waals surface area contributed by atoms with Gasteiger partial charge in [-0.2, -0.15) is 0 Å². The summed E-state index contributed by atoms with van der Waals surface area (Å²) in [6, 6.07) is 60.0. The van der Waals surface area contributed by atoms with E-state index in [0.717, 1.165) is 39.0 Å². The third-order valence-electron chi connectivity index (χ3n) is 11.5. The van der Waals surface area contributed by atoms with Crippen LogP contribution in [0, 0.1) is 0 Å². The Morgan fingerprint density at radius 2 is 1.11 bits per heavy atom. The van der Waals surface area contributed by atoms with Gasteiger partial charge in [-0.3, -0.25) is 0 Å². The Morgan fingerprint density at radius 1 is 0.491 bits per heavy atom. The van der Waals surface area contributed by atoms with E-state index >= 15 is 0 Å². The van der Waals surface area contributed by atoms with Crippen molar-refractivity contribution >= 4 is 59.9 Å². The van der Waals surface area contributed by atoms with Crippen molar-refractivity contribution in [3.63, 3.8) is 0 Å². The molecule has 5 nitrogen and oxygen atoms in total. The van der Waals surface area contributed by atoms with E-state index in [9.17, 15) is 0 Å². The summed E-state index contributed by atoms with van der Waals surface area (Å²) in [5, 5.41) is 3.56. The minimum atomic E-state index is 0.130. The maximum atomic E-state index is 6.71. The van der Waals surface area contributed by atoms with Crippen LogP contribution in [-0.2, 0) is 0 Å².